The molecule has 0 saturated carbocycles. The lowest BCUT2D eigenvalue weighted by Crippen LogP contribution is -2.41. The van der Waals surface area contributed by atoms with Crippen molar-refractivity contribution in [2.45, 2.75) is 116 Å². The molecule has 3 N–H and O–H groups in total. The van der Waals surface area contributed by atoms with Gasteiger partial charge in [0.05, 0.1) is 12.4 Å². The summed E-state index contributed by atoms with van der Waals surface area (Å²) in [6.45, 7) is 18.2. The number of aromatic nitrogens is 4. The number of likely N-dealkylation sites (tertiary alicyclic amines) is 2. The molecule has 17 heteroatoms. The Morgan fingerprint density at radius 1 is 0.657 bits per heavy atom. The predicted molar refractivity (Wildman–Crippen MR) is 264 cm³/mol. The second-order valence-corrected chi connectivity index (χ2v) is 19.7. The molecule has 358 valence electrons. The van der Waals surface area contributed by atoms with E-state index in [1.54, 1.807) is 22.2 Å². The zero-order valence-corrected chi connectivity index (χ0v) is 40.6. The van der Waals surface area contributed by atoms with Gasteiger partial charge in [-0.15, -0.1) is 0 Å². The molecule has 2 aromatic heterocycles. The third kappa shape index (κ3) is 14.8. The molecular weight excluding hydrogens is 868 g/mol. The summed E-state index contributed by atoms with van der Waals surface area (Å²) < 4.78 is 10.9. The molecule has 0 radical (unpaired) electrons. The molecule has 6 heterocycles. The highest BCUT2D eigenvalue weighted by Crippen LogP contribution is 2.32. The Morgan fingerprint density at radius 3 is 1.46 bits per heavy atom. The van der Waals surface area contributed by atoms with E-state index in [0.29, 0.717) is 30.7 Å². The van der Waals surface area contributed by atoms with E-state index in [9.17, 15) is 14.9 Å². The topological polar surface area (TPSA) is 203 Å². The summed E-state index contributed by atoms with van der Waals surface area (Å²) in [6, 6.07) is 20.3. The quantitative estimate of drug-likeness (QED) is 0.173. The number of nitriles is 2. The molecule has 0 spiro atoms. The maximum atomic E-state index is 12.3. The number of piperidine rings is 2. The maximum Gasteiger partial charge on any atom is 0.410 e. The fourth-order valence-corrected chi connectivity index (χ4v) is 8.54. The van der Waals surface area contributed by atoms with Crippen LogP contribution in [0.5, 0.6) is 0 Å². The Morgan fingerprint density at radius 2 is 1.06 bits per heavy atom. The van der Waals surface area contributed by atoms with Gasteiger partial charge in [-0.1, -0.05) is 35.9 Å². The number of rotatable bonds is 6. The van der Waals surface area contributed by atoms with Crippen molar-refractivity contribution < 1.29 is 20.5 Å². The van der Waals surface area contributed by atoms with Crippen LogP contribution in [0.1, 0.15) is 129 Å². The summed E-state index contributed by atoms with van der Waals surface area (Å²) >= 11 is 5.79. The lowest BCUT2D eigenvalue weighted by Gasteiger charge is -2.33. The number of hydrogen-bond acceptors (Lipinski definition) is 14. The number of nitrogens with one attached hydrogen (secondary N) is 1. The van der Waals surface area contributed by atoms with Crippen LogP contribution in [0.15, 0.2) is 60.9 Å². The Balaban J connectivity index is 0.000000209. The molecule has 2 amide bonds. The van der Waals surface area contributed by atoms with Gasteiger partial charge in [-0.05, 0) is 140 Å². The first-order valence-electron chi connectivity index (χ1n) is 23.4. The van der Waals surface area contributed by atoms with Crippen LogP contribution in [-0.2, 0) is 9.47 Å². The van der Waals surface area contributed by atoms with Crippen LogP contribution >= 0.6 is 11.6 Å². The molecule has 0 bridgehead atoms. The minimum atomic E-state index is -0.472. The zero-order valence-electron chi connectivity index (χ0n) is 39.8. The zero-order chi connectivity index (χ0) is 48.1. The van der Waals surface area contributed by atoms with E-state index in [-0.39, 0.29) is 30.2 Å². The monoisotopic (exact) mass is 935 g/mol. The van der Waals surface area contributed by atoms with E-state index in [2.05, 4.69) is 65.4 Å². The highest BCUT2D eigenvalue weighted by atomic mass is 35.5. The van der Waals surface area contributed by atoms with Gasteiger partial charge in [-0.3, -0.25) is 0 Å². The fourth-order valence-electron chi connectivity index (χ4n) is 8.37. The third-order valence-corrected chi connectivity index (χ3v) is 12.2. The van der Waals surface area contributed by atoms with Gasteiger partial charge < -0.3 is 40.1 Å². The average molecular weight is 936 g/mol. The number of hydrogen-bond donors (Lipinski definition) is 2. The van der Waals surface area contributed by atoms with Crippen molar-refractivity contribution in [3.05, 3.63) is 88.6 Å². The van der Waals surface area contributed by atoms with Gasteiger partial charge in [-0.25, -0.2) is 29.5 Å². The van der Waals surface area contributed by atoms with E-state index in [1.807, 2.05) is 71.9 Å². The van der Waals surface area contributed by atoms with Crippen LogP contribution in [0.4, 0.5) is 38.4 Å². The smallest absolute Gasteiger partial charge is 0.410 e. The third-order valence-electron chi connectivity index (χ3n) is 11.9. The van der Waals surface area contributed by atoms with Gasteiger partial charge in [0.15, 0.2) is 22.4 Å². The number of ether oxygens (including phenoxy) is 2. The molecule has 0 unspecified atom stereocenters. The lowest BCUT2D eigenvalue weighted by molar-refractivity contribution is 0.0194. The van der Waals surface area contributed by atoms with Crippen molar-refractivity contribution in [1.82, 2.24) is 29.7 Å². The molecular formula is C50H67ClN12O4. The summed E-state index contributed by atoms with van der Waals surface area (Å²) in [5.74, 6) is 2.98. The molecule has 16 nitrogen and oxygen atoms in total. The number of benzene rings is 2. The van der Waals surface area contributed by atoms with Gasteiger partial charge in [0.25, 0.3) is 0 Å². The molecule has 2 aromatic carbocycles. The van der Waals surface area contributed by atoms with Crippen molar-refractivity contribution in [3.63, 3.8) is 0 Å². The molecule has 0 aliphatic carbocycles. The van der Waals surface area contributed by atoms with Gasteiger partial charge in [0.2, 0.25) is 0 Å². The SMILES string of the molecule is CC(C)(C)OC(=O)N1CCC(c2ccc(N)cc2)CC1.CC(C)(C)OC(=O)N1CCC(c2ccc(Nc3nc(N4CCCC4)cnc3C#N)cc2)CC1.N#Cc1ncc(N2CCCC2)nc1Cl.[HH]. The van der Waals surface area contributed by atoms with Gasteiger partial charge >= 0.3 is 12.2 Å². The second-order valence-electron chi connectivity index (χ2n) is 19.3. The summed E-state index contributed by atoms with van der Waals surface area (Å²) in [5, 5.41) is 21.5. The van der Waals surface area contributed by atoms with Crippen LogP contribution in [0.2, 0.25) is 5.15 Å². The standard InChI is InChI=1S/C25H32N6O2.C16H24N2O2.C9H9ClN4.H2/c1-25(2,3)33-24(32)31-14-10-19(11-15-31)18-6-8-20(9-7-18)28-23-21(16-26)27-17-22(29-23)30-12-4-5-13-30;1-16(2,3)20-15(19)18-10-8-13(9-11-18)12-4-6-14(17)7-5-12;10-9-7(5-11)12-6-8(13-9)14-3-1-2-4-14;/h6-9,17,19H,4-5,10-15H2,1-3H3,(H,28,29);4-7,13H,8-11,17H2,1-3H3;6H,1-4H2;1H. The van der Waals surface area contributed by atoms with Crippen LogP contribution in [-0.4, -0.2) is 105 Å². The minimum Gasteiger partial charge on any atom is -0.444 e. The lowest BCUT2D eigenvalue weighted by atomic mass is 9.89. The summed E-state index contributed by atoms with van der Waals surface area (Å²) in [4.78, 5) is 49.3. The van der Waals surface area contributed by atoms with Crippen molar-refractivity contribution in [2.75, 3.05) is 73.2 Å². The van der Waals surface area contributed by atoms with Crippen LogP contribution < -0.4 is 20.9 Å². The first-order chi connectivity index (χ1) is 32.0. The van der Waals surface area contributed by atoms with E-state index >= 15 is 0 Å². The number of nitrogens with zero attached hydrogens (tertiary/aromatic N) is 10. The number of carbonyl (C=O) groups is 2. The van der Waals surface area contributed by atoms with Gasteiger partial charge in [-0.2, -0.15) is 10.5 Å². The average Bonchev–Trinajstić information content (AvgIpc) is 4.06. The summed E-state index contributed by atoms with van der Waals surface area (Å²) in [7, 11) is 0. The molecule has 4 aromatic rings. The summed E-state index contributed by atoms with van der Waals surface area (Å²) in [5.41, 5.74) is 9.51. The van der Waals surface area contributed by atoms with E-state index in [4.69, 9.17) is 32.1 Å². The van der Waals surface area contributed by atoms with E-state index in [1.165, 1.54) is 24.0 Å². The first kappa shape index (κ1) is 50.0. The largest absolute Gasteiger partial charge is 0.444 e. The molecule has 4 fully saturated rings. The molecule has 4 saturated heterocycles. The Bertz CT molecular complexity index is 2350. The second kappa shape index (κ2) is 22.9. The Hall–Kier alpha value is -6.39. The van der Waals surface area contributed by atoms with E-state index < -0.39 is 11.2 Å². The Labute approximate surface area is 401 Å². The maximum absolute atomic E-state index is 12.3. The number of halogens is 1. The normalized spacial score (nSPS) is 16.7. The number of nitrogen functional groups attached to an aromatic ring is 1. The minimum absolute atomic E-state index is 0. The fraction of sp³-hybridized carbons (Fsp3) is 0.520. The van der Waals surface area contributed by atoms with Crippen molar-refractivity contribution in [1.29, 1.82) is 10.5 Å². The predicted octanol–water partition coefficient (Wildman–Crippen LogP) is 10.0. The van der Waals surface area contributed by atoms with E-state index in [0.717, 1.165) is 101 Å². The molecule has 8 rings (SSSR count). The van der Waals surface area contributed by atoms with Gasteiger partial charge in [0.1, 0.15) is 35.0 Å². The molecule has 67 heavy (non-hydrogen) atoms. The van der Waals surface area contributed by atoms with Crippen molar-refractivity contribution in [3.8, 4) is 12.1 Å². The number of nitrogens with two attached hydrogens (primary N) is 1. The molecule has 4 aliphatic rings. The number of carbonyl (C=O) groups excluding carboxylic acids is 2. The first-order valence-corrected chi connectivity index (χ1v) is 23.7. The highest BCUT2D eigenvalue weighted by Gasteiger charge is 2.29. The molecule has 0 atom stereocenters. The summed E-state index contributed by atoms with van der Waals surface area (Å²) in [6.07, 6.45) is 11.3. The number of anilines is 5. The van der Waals surface area contributed by atoms with Gasteiger partial charge in [0, 0.05) is 65.2 Å². The molecule has 4 aliphatic heterocycles. The Kier molecular flexibility index (Phi) is 17.1. The van der Waals surface area contributed by atoms with Crippen LogP contribution in [0, 0.1) is 22.7 Å². The van der Waals surface area contributed by atoms with Crippen molar-refractivity contribution >= 4 is 52.6 Å². The van der Waals surface area contributed by atoms with Crippen LogP contribution in [0.3, 0.4) is 0 Å². The number of amides is 2. The highest BCUT2D eigenvalue weighted by molar-refractivity contribution is 6.30. The van der Waals surface area contributed by atoms with Crippen molar-refractivity contribution in [2.24, 2.45) is 0 Å². The van der Waals surface area contributed by atoms with Crippen LogP contribution in [0.25, 0.3) is 0 Å².